The van der Waals surface area contributed by atoms with Crippen molar-refractivity contribution in [1.29, 1.82) is 0 Å². The molecule has 0 saturated carbocycles. The van der Waals surface area contributed by atoms with Gasteiger partial charge in [-0.25, -0.2) is 4.79 Å². The molecule has 0 spiro atoms. The highest BCUT2D eigenvalue weighted by atomic mass is 16.6. The van der Waals surface area contributed by atoms with Gasteiger partial charge in [-0.05, 0) is 18.3 Å². The maximum absolute atomic E-state index is 10.4. The van der Waals surface area contributed by atoms with Crippen molar-refractivity contribution < 1.29 is 9.53 Å². The van der Waals surface area contributed by atoms with E-state index >= 15 is 0 Å². The number of amides is 1. The fourth-order valence-electron chi connectivity index (χ4n) is 0.989. The van der Waals surface area contributed by atoms with Gasteiger partial charge in [0.05, 0.1) is 0 Å². The highest BCUT2D eigenvalue weighted by molar-refractivity contribution is 5.64. The molecule has 0 bridgehead atoms. The van der Waals surface area contributed by atoms with E-state index in [9.17, 15) is 4.79 Å². The summed E-state index contributed by atoms with van der Waals surface area (Å²) >= 11 is 0. The molecule has 0 aliphatic carbocycles. The molecule has 3 heteroatoms. The lowest BCUT2D eigenvalue weighted by Gasteiger charge is -2.31. The second-order valence-electron chi connectivity index (χ2n) is 4.30. The van der Waals surface area contributed by atoms with Crippen LogP contribution < -0.4 is 5.73 Å². The average Bonchev–Trinajstić information content (AvgIpc) is 1.82. The molecule has 2 atom stereocenters. The summed E-state index contributed by atoms with van der Waals surface area (Å²) in [5, 5.41) is 0. The van der Waals surface area contributed by atoms with E-state index in [0.29, 0.717) is 5.92 Å². The molecule has 0 fully saturated rings. The summed E-state index contributed by atoms with van der Waals surface area (Å²) in [5.74, 6) is 0.296. The van der Waals surface area contributed by atoms with Crippen LogP contribution in [0.25, 0.3) is 0 Å². The maximum atomic E-state index is 10.4. The molecule has 0 aliphatic heterocycles. The first kappa shape index (κ1) is 11.3. The van der Waals surface area contributed by atoms with Crippen LogP contribution in [0.5, 0.6) is 0 Å². The largest absolute Gasteiger partial charge is 0.446 e. The monoisotopic (exact) mass is 173 g/mol. The first-order valence-electron chi connectivity index (χ1n) is 4.21. The van der Waals surface area contributed by atoms with Crippen LogP contribution in [0.3, 0.4) is 0 Å². The van der Waals surface area contributed by atoms with E-state index in [-0.39, 0.29) is 11.5 Å². The van der Waals surface area contributed by atoms with Crippen molar-refractivity contribution in [2.75, 3.05) is 0 Å². The minimum absolute atomic E-state index is 0.123. The van der Waals surface area contributed by atoms with Gasteiger partial charge in [0.15, 0.2) is 0 Å². The first-order valence-corrected chi connectivity index (χ1v) is 4.21. The lowest BCUT2D eigenvalue weighted by molar-refractivity contribution is 0.0445. The molecule has 3 nitrogen and oxygen atoms in total. The lowest BCUT2D eigenvalue weighted by atomic mass is 9.79. The number of hydrogen-bond donors (Lipinski definition) is 1. The predicted octanol–water partition coefficient (Wildman–Crippen LogP) is 2.15. The molecule has 0 heterocycles. The molecule has 12 heavy (non-hydrogen) atoms. The van der Waals surface area contributed by atoms with Crippen LogP contribution >= 0.6 is 0 Å². The van der Waals surface area contributed by atoms with Gasteiger partial charge >= 0.3 is 6.09 Å². The summed E-state index contributed by atoms with van der Waals surface area (Å²) in [7, 11) is 0. The summed E-state index contributed by atoms with van der Waals surface area (Å²) in [6, 6.07) is 0. The molecule has 2 N–H and O–H groups in total. The first-order chi connectivity index (χ1) is 5.25. The smallest absolute Gasteiger partial charge is 0.404 e. The summed E-state index contributed by atoms with van der Waals surface area (Å²) in [4.78, 5) is 10.4. The van der Waals surface area contributed by atoms with Crippen LogP contribution in [0, 0.1) is 11.3 Å². The van der Waals surface area contributed by atoms with Crippen molar-refractivity contribution in [1.82, 2.24) is 0 Å². The Bertz CT molecular complexity index is 160. The van der Waals surface area contributed by atoms with Crippen LogP contribution in [-0.2, 0) is 4.74 Å². The van der Waals surface area contributed by atoms with E-state index in [1.54, 1.807) is 0 Å². The molecule has 0 rings (SSSR count). The molecule has 0 saturated heterocycles. The van der Waals surface area contributed by atoms with Gasteiger partial charge < -0.3 is 10.5 Å². The van der Waals surface area contributed by atoms with Gasteiger partial charge in [0.25, 0.3) is 0 Å². The van der Waals surface area contributed by atoms with Crippen molar-refractivity contribution in [3.05, 3.63) is 0 Å². The zero-order chi connectivity index (χ0) is 9.94. The van der Waals surface area contributed by atoms with Crippen molar-refractivity contribution >= 4 is 6.09 Å². The van der Waals surface area contributed by atoms with Crippen molar-refractivity contribution in [2.45, 2.75) is 40.7 Å². The molecular formula is C9H19NO2. The SMILES string of the molecule is C[C@@H](OC(N)=O)[C@H](C)C(C)(C)C. The van der Waals surface area contributed by atoms with Gasteiger partial charge in [0.1, 0.15) is 6.10 Å². The zero-order valence-corrected chi connectivity index (χ0v) is 8.55. The van der Waals surface area contributed by atoms with Crippen LogP contribution in [0.2, 0.25) is 0 Å². The second kappa shape index (κ2) is 3.78. The highest BCUT2D eigenvalue weighted by Crippen LogP contribution is 2.29. The molecule has 0 unspecified atom stereocenters. The van der Waals surface area contributed by atoms with E-state index in [4.69, 9.17) is 10.5 Å². The molecule has 0 aromatic heterocycles. The molecule has 72 valence electrons. The molecule has 0 aliphatic rings. The number of rotatable bonds is 2. The number of ether oxygens (including phenoxy) is 1. The van der Waals surface area contributed by atoms with Gasteiger partial charge in [-0.1, -0.05) is 27.7 Å². The number of carbonyl (C=O) groups excluding carboxylic acids is 1. The van der Waals surface area contributed by atoms with Gasteiger partial charge in [-0.15, -0.1) is 0 Å². The minimum Gasteiger partial charge on any atom is -0.446 e. The van der Waals surface area contributed by atoms with Crippen molar-refractivity contribution in [3.63, 3.8) is 0 Å². The Morgan fingerprint density at radius 3 is 2.00 bits per heavy atom. The Balaban J connectivity index is 4.10. The summed E-state index contributed by atoms with van der Waals surface area (Å²) in [5.41, 5.74) is 5.05. The second-order valence-corrected chi connectivity index (χ2v) is 4.30. The van der Waals surface area contributed by atoms with E-state index in [2.05, 4.69) is 20.8 Å². The van der Waals surface area contributed by atoms with Crippen LogP contribution in [-0.4, -0.2) is 12.2 Å². The molecule has 0 aromatic carbocycles. The number of nitrogens with two attached hydrogens (primary N) is 1. The fourth-order valence-corrected chi connectivity index (χ4v) is 0.989. The Morgan fingerprint density at radius 1 is 1.33 bits per heavy atom. The van der Waals surface area contributed by atoms with Gasteiger partial charge in [-0.2, -0.15) is 0 Å². The normalized spacial score (nSPS) is 16.8. The van der Waals surface area contributed by atoms with Crippen molar-refractivity contribution in [2.24, 2.45) is 17.1 Å². The number of carbonyl (C=O) groups is 1. The summed E-state index contributed by atoms with van der Waals surface area (Å²) in [6.45, 7) is 10.2. The van der Waals surface area contributed by atoms with E-state index in [1.807, 2.05) is 13.8 Å². The average molecular weight is 173 g/mol. The lowest BCUT2D eigenvalue weighted by Crippen LogP contribution is -2.33. The fraction of sp³-hybridized carbons (Fsp3) is 0.889. The molecular weight excluding hydrogens is 154 g/mol. The minimum atomic E-state index is -0.696. The molecule has 1 amide bonds. The molecule has 0 aromatic rings. The third-order valence-corrected chi connectivity index (χ3v) is 2.37. The molecule has 0 radical (unpaired) electrons. The van der Waals surface area contributed by atoms with Crippen LogP contribution in [0.1, 0.15) is 34.6 Å². The third-order valence-electron chi connectivity index (χ3n) is 2.37. The Labute approximate surface area is 74.3 Å². The van der Waals surface area contributed by atoms with Crippen LogP contribution in [0.4, 0.5) is 4.79 Å². The van der Waals surface area contributed by atoms with Gasteiger partial charge in [0.2, 0.25) is 0 Å². The topological polar surface area (TPSA) is 52.3 Å². The van der Waals surface area contributed by atoms with Gasteiger partial charge in [0, 0.05) is 0 Å². The number of primary amides is 1. The maximum Gasteiger partial charge on any atom is 0.404 e. The third kappa shape index (κ3) is 3.60. The Morgan fingerprint density at radius 2 is 1.75 bits per heavy atom. The van der Waals surface area contributed by atoms with E-state index in [0.717, 1.165) is 0 Å². The quantitative estimate of drug-likeness (QED) is 0.695. The van der Waals surface area contributed by atoms with Crippen molar-refractivity contribution in [3.8, 4) is 0 Å². The standard InChI is InChI=1S/C9H19NO2/c1-6(9(3,4)5)7(2)12-8(10)11/h6-7H,1-5H3,(H2,10,11)/t6-,7+/m0/s1. The predicted molar refractivity (Wildman–Crippen MR) is 48.7 cm³/mol. The highest BCUT2D eigenvalue weighted by Gasteiger charge is 2.27. The van der Waals surface area contributed by atoms with Crippen LogP contribution in [0.15, 0.2) is 0 Å². The Kier molecular flexibility index (Phi) is 3.55. The summed E-state index contributed by atoms with van der Waals surface area (Å²) in [6.07, 6.45) is -0.818. The number of hydrogen-bond acceptors (Lipinski definition) is 2. The van der Waals surface area contributed by atoms with E-state index in [1.165, 1.54) is 0 Å². The van der Waals surface area contributed by atoms with Gasteiger partial charge in [-0.3, -0.25) is 0 Å². The van der Waals surface area contributed by atoms with E-state index < -0.39 is 6.09 Å². The summed E-state index contributed by atoms with van der Waals surface area (Å²) < 4.78 is 4.88. The zero-order valence-electron chi connectivity index (χ0n) is 8.55. The Hall–Kier alpha value is -0.730.